The highest BCUT2D eigenvalue weighted by molar-refractivity contribution is 5.80. The van der Waals surface area contributed by atoms with Crippen LogP contribution < -0.4 is 14.8 Å². The highest BCUT2D eigenvalue weighted by Gasteiger charge is 2.26. The van der Waals surface area contributed by atoms with Crippen molar-refractivity contribution in [1.29, 1.82) is 0 Å². The number of fused-ring (bicyclic) bond motifs is 1. The zero-order valence-corrected chi connectivity index (χ0v) is 17.1. The second-order valence-corrected chi connectivity index (χ2v) is 7.76. The highest BCUT2D eigenvalue weighted by atomic mass is 16.7. The van der Waals surface area contributed by atoms with Crippen LogP contribution in [-0.4, -0.2) is 56.5 Å². The number of likely N-dealkylation sites (tertiary alicyclic amines) is 1. The summed E-state index contributed by atoms with van der Waals surface area (Å²) < 4.78 is 16.7. The quantitative estimate of drug-likeness (QED) is 0.611. The van der Waals surface area contributed by atoms with E-state index in [1.807, 2.05) is 6.07 Å². The predicted molar refractivity (Wildman–Crippen MR) is 108 cm³/mol. The van der Waals surface area contributed by atoms with Crippen molar-refractivity contribution in [1.82, 2.24) is 10.2 Å². The van der Waals surface area contributed by atoms with Crippen molar-refractivity contribution < 1.29 is 14.2 Å². The third-order valence-electron chi connectivity index (χ3n) is 5.26. The van der Waals surface area contributed by atoms with Gasteiger partial charge in [0, 0.05) is 31.7 Å². The van der Waals surface area contributed by atoms with E-state index in [2.05, 4.69) is 50.0 Å². The summed E-state index contributed by atoms with van der Waals surface area (Å²) in [6, 6.07) is 6.19. The maximum Gasteiger partial charge on any atom is 0.231 e. The number of guanidine groups is 1. The number of nitrogens with zero attached hydrogens (tertiary/aromatic N) is 2. The van der Waals surface area contributed by atoms with Crippen LogP contribution in [-0.2, 0) is 10.2 Å². The molecule has 1 N–H and O–H groups in total. The molecule has 0 unspecified atom stereocenters. The first-order valence-corrected chi connectivity index (χ1v) is 10.1. The van der Waals surface area contributed by atoms with Gasteiger partial charge in [-0.25, -0.2) is 0 Å². The number of hydrogen-bond acceptors (Lipinski definition) is 4. The minimum absolute atomic E-state index is 0.0920. The number of aliphatic imine (C=N–C) groups is 1. The zero-order chi connectivity index (χ0) is 19.3. The molecule has 1 aromatic rings. The lowest BCUT2D eigenvalue weighted by Gasteiger charge is -2.34. The molecule has 0 spiro atoms. The first-order chi connectivity index (χ1) is 13.0. The van der Waals surface area contributed by atoms with Crippen molar-refractivity contribution in [3.8, 4) is 11.5 Å². The van der Waals surface area contributed by atoms with E-state index >= 15 is 0 Å². The van der Waals surface area contributed by atoms with Crippen molar-refractivity contribution in [2.75, 3.05) is 39.6 Å². The van der Waals surface area contributed by atoms with Crippen LogP contribution in [0.25, 0.3) is 0 Å². The fraction of sp³-hybridized carbons (Fsp3) is 0.667. The van der Waals surface area contributed by atoms with Crippen LogP contribution in [0.1, 0.15) is 46.1 Å². The Balaban J connectivity index is 1.67. The second-order valence-electron chi connectivity index (χ2n) is 7.76. The summed E-state index contributed by atoms with van der Waals surface area (Å²) in [5.41, 5.74) is 1.12. The van der Waals surface area contributed by atoms with Crippen molar-refractivity contribution >= 4 is 5.96 Å². The standard InChI is InChI=1S/C21H33N3O3/c1-5-22-20(24-11-9-17(10-12-24)25-6-2)23-14-21(3,4)16-7-8-18-19(13-16)27-15-26-18/h7-8,13,17H,5-6,9-12,14-15H2,1-4H3,(H,22,23). The molecule has 0 atom stereocenters. The number of piperidine rings is 1. The summed E-state index contributed by atoms with van der Waals surface area (Å²) >= 11 is 0. The molecule has 0 saturated carbocycles. The molecule has 2 aliphatic heterocycles. The van der Waals surface area contributed by atoms with Crippen LogP contribution in [0.4, 0.5) is 0 Å². The van der Waals surface area contributed by atoms with Gasteiger partial charge in [-0.15, -0.1) is 0 Å². The van der Waals surface area contributed by atoms with E-state index in [1.165, 1.54) is 5.56 Å². The van der Waals surface area contributed by atoms with Gasteiger partial charge in [0.15, 0.2) is 17.5 Å². The van der Waals surface area contributed by atoms with Crippen LogP contribution in [0, 0.1) is 0 Å². The van der Waals surface area contributed by atoms with E-state index in [4.69, 9.17) is 19.2 Å². The lowest BCUT2D eigenvalue weighted by atomic mass is 9.84. The van der Waals surface area contributed by atoms with E-state index in [-0.39, 0.29) is 5.41 Å². The Morgan fingerprint density at radius 1 is 1.22 bits per heavy atom. The van der Waals surface area contributed by atoms with Crippen LogP contribution in [0.2, 0.25) is 0 Å². The largest absolute Gasteiger partial charge is 0.454 e. The van der Waals surface area contributed by atoms with Crippen molar-refractivity contribution in [2.24, 2.45) is 4.99 Å². The third kappa shape index (κ3) is 4.86. The lowest BCUT2D eigenvalue weighted by molar-refractivity contribution is 0.0263. The molecular weight excluding hydrogens is 342 g/mol. The molecule has 1 fully saturated rings. The molecule has 2 heterocycles. The highest BCUT2D eigenvalue weighted by Crippen LogP contribution is 2.36. The molecule has 0 bridgehead atoms. The molecular formula is C21H33N3O3. The average Bonchev–Trinajstić information content (AvgIpc) is 3.14. The third-order valence-corrected chi connectivity index (χ3v) is 5.26. The summed E-state index contributed by atoms with van der Waals surface area (Å²) in [7, 11) is 0. The normalized spacial score (nSPS) is 18.1. The summed E-state index contributed by atoms with van der Waals surface area (Å²) in [6.07, 6.45) is 2.51. The van der Waals surface area contributed by atoms with Gasteiger partial charge in [-0.1, -0.05) is 19.9 Å². The van der Waals surface area contributed by atoms with Gasteiger partial charge in [-0.2, -0.15) is 0 Å². The van der Waals surface area contributed by atoms with Crippen LogP contribution >= 0.6 is 0 Å². The fourth-order valence-electron chi connectivity index (χ4n) is 3.58. The molecule has 6 nitrogen and oxygen atoms in total. The van der Waals surface area contributed by atoms with Crippen LogP contribution in [0.15, 0.2) is 23.2 Å². The van der Waals surface area contributed by atoms with Gasteiger partial charge in [0.2, 0.25) is 6.79 Å². The number of ether oxygens (including phenoxy) is 3. The lowest BCUT2D eigenvalue weighted by Crippen LogP contribution is -2.47. The number of rotatable bonds is 6. The molecule has 1 saturated heterocycles. The van der Waals surface area contributed by atoms with Gasteiger partial charge in [0.05, 0.1) is 12.6 Å². The Morgan fingerprint density at radius 2 is 1.96 bits per heavy atom. The first-order valence-electron chi connectivity index (χ1n) is 10.1. The van der Waals surface area contributed by atoms with E-state index in [9.17, 15) is 0 Å². The first kappa shape index (κ1) is 19.8. The molecule has 0 aliphatic carbocycles. The maximum absolute atomic E-state index is 5.77. The monoisotopic (exact) mass is 375 g/mol. The summed E-state index contributed by atoms with van der Waals surface area (Å²) in [6.45, 7) is 13.3. The topological polar surface area (TPSA) is 55.3 Å². The van der Waals surface area contributed by atoms with Gasteiger partial charge in [0.25, 0.3) is 0 Å². The summed E-state index contributed by atoms with van der Waals surface area (Å²) in [5.74, 6) is 2.65. The predicted octanol–water partition coefficient (Wildman–Crippen LogP) is 3.16. The van der Waals surface area contributed by atoms with E-state index in [1.54, 1.807) is 0 Å². The molecule has 6 heteroatoms. The Labute approximate surface area is 162 Å². The van der Waals surface area contributed by atoms with Gasteiger partial charge in [-0.05, 0) is 44.4 Å². The van der Waals surface area contributed by atoms with Gasteiger partial charge < -0.3 is 24.4 Å². The smallest absolute Gasteiger partial charge is 0.231 e. The SMILES string of the molecule is CCNC(=NCC(C)(C)c1ccc2c(c1)OCO2)N1CCC(OCC)CC1. The molecule has 1 aromatic carbocycles. The summed E-state index contributed by atoms with van der Waals surface area (Å²) in [4.78, 5) is 7.32. The van der Waals surface area contributed by atoms with E-state index < -0.39 is 0 Å². The minimum atomic E-state index is -0.0920. The molecule has 27 heavy (non-hydrogen) atoms. The number of hydrogen-bond donors (Lipinski definition) is 1. The Morgan fingerprint density at radius 3 is 2.67 bits per heavy atom. The van der Waals surface area contributed by atoms with Gasteiger partial charge in [0.1, 0.15) is 0 Å². The molecule has 2 aliphatic rings. The number of nitrogens with one attached hydrogen (secondary N) is 1. The molecule has 3 rings (SSSR count). The minimum Gasteiger partial charge on any atom is -0.454 e. The van der Waals surface area contributed by atoms with Crippen LogP contribution in [0.5, 0.6) is 11.5 Å². The molecule has 150 valence electrons. The fourth-order valence-corrected chi connectivity index (χ4v) is 3.58. The maximum atomic E-state index is 5.77. The van der Waals surface area contributed by atoms with Crippen molar-refractivity contribution in [2.45, 2.75) is 52.1 Å². The number of benzene rings is 1. The second kappa shape index (κ2) is 8.83. The van der Waals surface area contributed by atoms with Crippen molar-refractivity contribution in [3.05, 3.63) is 23.8 Å². The Hall–Kier alpha value is -1.95. The molecule has 0 amide bonds. The van der Waals surface area contributed by atoms with Gasteiger partial charge >= 0.3 is 0 Å². The van der Waals surface area contributed by atoms with E-state index in [0.717, 1.165) is 56.5 Å². The average molecular weight is 376 g/mol. The molecule has 0 radical (unpaired) electrons. The van der Waals surface area contributed by atoms with E-state index in [0.29, 0.717) is 19.4 Å². The van der Waals surface area contributed by atoms with Crippen molar-refractivity contribution in [3.63, 3.8) is 0 Å². The Bertz CT molecular complexity index is 652. The molecule has 0 aromatic heterocycles. The van der Waals surface area contributed by atoms with Crippen LogP contribution in [0.3, 0.4) is 0 Å². The summed E-state index contributed by atoms with van der Waals surface area (Å²) in [5, 5.41) is 3.46. The Kier molecular flexibility index (Phi) is 6.47. The van der Waals surface area contributed by atoms with Gasteiger partial charge in [-0.3, -0.25) is 4.99 Å². The zero-order valence-electron chi connectivity index (χ0n) is 17.1.